The SMILES string of the molecule is COc1ccc(CC(=O)C[C@@H](c2ccc(C(F)(F)F)cc2)c2ncccc2C(F)(F)F)cc1OC. The molecule has 0 unspecified atom stereocenters. The summed E-state index contributed by atoms with van der Waals surface area (Å²) >= 11 is 0. The number of hydrogen-bond donors (Lipinski definition) is 0. The Hall–Kier alpha value is -3.56. The Kier molecular flexibility index (Phi) is 7.72. The molecule has 3 aromatic rings. The van der Waals surface area contributed by atoms with Crippen LogP contribution in [0, 0.1) is 0 Å². The van der Waals surface area contributed by atoms with Gasteiger partial charge in [0.1, 0.15) is 5.78 Å². The molecule has 0 bridgehead atoms. The van der Waals surface area contributed by atoms with Gasteiger partial charge in [0, 0.05) is 25.0 Å². The number of rotatable bonds is 8. The van der Waals surface area contributed by atoms with Crippen LogP contribution in [0.1, 0.15) is 40.3 Å². The first-order valence-electron chi connectivity index (χ1n) is 10.4. The van der Waals surface area contributed by atoms with Crippen LogP contribution in [-0.4, -0.2) is 25.0 Å². The quantitative estimate of drug-likeness (QED) is 0.335. The normalized spacial score (nSPS) is 12.8. The zero-order chi connectivity index (χ0) is 25.8. The number of pyridine rings is 1. The molecule has 0 saturated carbocycles. The van der Waals surface area contributed by atoms with Gasteiger partial charge in [-0.1, -0.05) is 18.2 Å². The maximum Gasteiger partial charge on any atom is 0.418 e. The van der Waals surface area contributed by atoms with Crippen LogP contribution in [0.3, 0.4) is 0 Å². The highest BCUT2D eigenvalue weighted by atomic mass is 19.4. The number of ketones is 1. The first kappa shape index (κ1) is 26.1. The van der Waals surface area contributed by atoms with Gasteiger partial charge in [0.05, 0.1) is 31.0 Å². The molecule has 1 atom stereocenters. The highest BCUT2D eigenvalue weighted by Crippen LogP contribution is 2.39. The summed E-state index contributed by atoms with van der Waals surface area (Å²) in [5.41, 5.74) is -1.78. The molecular weight excluding hydrogens is 476 g/mol. The van der Waals surface area contributed by atoms with Gasteiger partial charge >= 0.3 is 12.4 Å². The molecule has 0 aliphatic carbocycles. The molecule has 0 aliphatic rings. The minimum absolute atomic E-state index is 0.114. The monoisotopic (exact) mass is 497 g/mol. The largest absolute Gasteiger partial charge is 0.493 e. The lowest BCUT2D eigenvalue weighted by molar-refractivity contribution is -0.139. The van der Waals surface area contributed by atoms with Crippen molar-refractivity contribution in [3.8, 4) is 11.5 Å². The van der Waals surface area contributed by atoms with Crippen molar-refractivity contribution in [2.24, 2.45) is 0 Å². The number of nitrogens with zero attached hydrogens (tertiary/aromatic N) is 1. The van der Waals surface area contributed by atoms with Gasteiger partial charge in [-0.15, -0.1) is 0 Å². The van der Waals surface area contributed by atoms with Gasteiger partial charge in [-0.25, -0.2) is 0 Å². The summed E-state index contributed by atoms with van der Waals surface area (Å²) in [7, 11) is 2.87. The van der Waals surface area contributed by atoms with Crippen molar-refractivity contribution in [2.45, 2.75) is 31.1 Å². The molecule has 35 heavy (non-hydrogen) atoms. The van der Waals surface area contributed by atoms with Crippen molar-refractivity contribution >= 4 is 5.78 Å². The van der Waals surface area contributed by atoms with E-state index >= 15 is 0 Å². The van der Waals surface area contributed by atoms with Crippen LogP contribution in [0.25, 0.3) is 0 Å². The molecule has 2 aromatic carbocycles. The first-order valence-corrected chi connectivity index (χ1v) is 10.4. The minimum atomic E-state index is -4.76. The van der Waals surface area contributed by atoms with Gasteiger partial charge in [0.25, 0.3) is 0 Å². The lowest BCUT2D eigenvalue weighted by Crippen LogP contribution is -2.18. The van der Waals surface area contributed by atoms with E-state index in [1.807, 2.05) is 0 Å². The molecule has 1 aromatic heterocycles. The molecule has 0 saturated heterocycles. The predicted octanol–water partition coefficient (Wildman–Crippen LogP) is 6.47. The van der Waals surface area contributed by atoms with Gasteiger partial charge in [-0.2, -0.15) is 26.3 Å². The number of halogens is 6. The molecule has 0 radical (unpaired) electrons. The van der Waals surface area contributed by atoms with E-state index in [1.165, 1.54) is 14.2 Å². The Balaban J connectivity index is 1.98. The van der Waals surface area contributed by atoms with Gasteiger partial charge < -0.3 is 9.47 Å². The second kappa shape index (κ2) is 10.4. The van der Waals surface area contributed by atoms with E-state index in [0.717, 1.165) is 42.6 Å². The highest BCUT2D eigenvalue weighted by Gasteiger charge is 2.37. The molecule has 3 rings (SSSR count). The fourth-order valence-corrected chi connectivity index (χ4v) is 3.73. The Bertz CT molecular complexity index is 1170. The van der Waals surface area contributed by atoms with Crippen LogP contribution >= 0.6 is 0 Å². The van der Waals surface area contributed by atoms with E-state index in [4.69, 9.17) is 9.47 Å². The summed E-state index contributed by atoms with van der Waals surface area (Å²) in [5.74, 6) is -0.820. The number of hydrogen-bond acceptors (Lipinski definition) is 4. The molecule has 0 aliphatic heterocycles. The summed E-state index contributed by atoms with van der Waals surface area (Å²) < 4.78 is 90.4. The number of carbonyl (C=O) groups is 1. The van der Waals surface area contributed by atoms with E-state index in [2.05, 4.69) is 4.98 Å². The predicted molar refractivity (Wildman–Crippen MR) is 115 cm³/mol. The number of carbonyl (C=O) groups excluding carboxylic acids is 1. The second-order valence-electron chi connectivity index (χ2n) is 7.72. The molecule has 0 N–H and O–H groups in total. The molecule has 0 spiro atoms. The van der Waals surface area contributed by atoms with Crippen LogP contribution in [-0.2, 0) is 23.6 Å². The average molecular weight is 497 g/mol. The summed E-state index contributed by atoms with van der Waals surface area (Å²) in [6.07, 6.45) is -8.76. The minimum Gasteiger partial charge on any atom is -0.493 e. The van der Waals surface area contributed by atoms with Crippen LogP contribution in [0.2, 0.25) is 0 Å². The summed E-state index contributed by atoms with van der Waals surface area (Å²) in [5, 5.41) is 0. The third-order valence-electron chi connectivity index (χ3n) is 5.40. The van der Waals surface area contributed by atoms with Crippen molar-refractivity contribution in [1.82, 2.24) is 4.98 Å². The molecule has 0 amide bonds. The number of aromatic nitrogens is 1. The van der Waals surface area contributed by atoms with E-state index in [9.17, 15) is 31.1 Å². The van der Waals surface area contributed by atoms with Crippen molar-refractivity contribution < 1.29 is 40.6 Å². The number of alkyl halides is 6. The number of methoxy groups -OCH3 is 2. The average Bonchev–Trinajstić information content (AvgIpc) is 2.81. The van der Waals surface area contributed by atoms with E-state index in [0.29, 0.717) is 17.1 Å². The van der Waals surface area contributed by atoms with E-state index in [-0.39, 0.29) is 12.0 Å². The number of ether oxygens (including phenoxy) is 2. The lowest BCUT2D eigenvalue weighted by atomic mass is 9.86. The van der Waals surface area contributed by atoms with Gasteiger partial charge in [-0.05, 0) is 47.5 Å². The zero-order valence-corrected chi connectivity index (χ0v) is 18.7. The Labute approximate surface area is 197 Å². The Morgan fingerprint density at radius 3 is 2.11 bits per heavy atom. The van der Waals surface area contributed by atoms with E-state index < -0.39 is 47.3 Å². The maximum absolute atomic E-state index is 13.7. The second-order valence-corrected chi connectivity index (χ2v) is 7.72. The molecule has 0 fully saturated rings. The topological polar surface area (TPSA) is 48.4 Å². The summed E-state index contributed by atoms with van der Waals surface area (Å²) in [6.45, 7) is 0. The maximum atomic E-state index is 13.7. The molecular formula is C25H21F6NO3. The summed E-state index contributed by atoms with van der Waals surface area (Å²) in [6, 6.07) is 10.4. The van der Waals surface area contributed by atoms with Gasteiger partial charge in [0.2, 0.25) is 0 Å². The van der Waals surface area contributed by atoms with Crippen molar-refractivity contribution in [2.75, 3.05) is 14.2 Å². The Morgan fingerprint density at radius 1 is 0.886 bits per heavy atom. The Morgan fingerprint density at radius 2 is 1.54 bits per heavy atom. The fraction of sp³-hybridized carbons (Fsp3) is 0.280. The van der Waals surface area contributed by atoms with Crippen molar-refractivity contribution in [3.05, 3.63) is 88.7 Å². The lowest BCUT2D eigenvalue weighted by Gasteiger charge is -2.21. The van der Waals surface area contributed by atoms with Crippen LogP contribution in [0.4, 0.5) is 26.3 Å². The van der Waals surface area contributed by atoms with Gasteiger partial charge in [0.15, 0.2) is 11.5 Å². The molecule has 4 nitrogen and oxygen atoms in total. The smallest absolute Gasteiger partial charge is 0.418 e. The molecule has 1 heterocycles. The van der Waals surface area contributed by atoms with Crippen LogP contribution in [0.15, 0.2) is 60.8 Å². The fourth-order valence-electron chi connectivity index (χ4n) is 3.73. The summed E-state index contributed by atoms with van der Waals surface area (Å²) in [4.78, 5) is 16.8. The third kappa shape index (κ3) is 6.32. The van der Waals surface area contributed by atoms with Gasteiger partial charge in [-0.3, -0.25) is 9.78 Å². The van der Waals surface area contributed by atoms with Crippen molar-refractivity contribution in [1.29, 1.82) is 0 Å². The first-order chi connectivity index (χ1) is 16.4. The van der Waals surface area contributed by atoms with Crippen LogP contribution in [0.5, 0.6) is 11.5 Å². The van der Waals surface area contributed by atoms with Crippen molar-refractivity contribution in [3.63, 3.8) is 0 Å². The van der Waals surface area contributed by atoms with E-state index in [1.54, 1.807) is 18.2 Å². The van der Waals surface area contributed by atoms with Crippen LogP contribution < -0.4 is 9.47 Å². The molecule has 10 heteroatoms. The number of benzene rings is 2. The standard InChI is InChI=1S/C25H21F6NO3/c1-34-21-10-5-15(13-22(21)35-2)12-18(33)14-19(16-6-8-17(9-7-16)24(26,27)28)23-20(25(29,30)31)4-3-11-32-23/h3-11,13,19H,12,14H2,1-2H3/t19-/m0/s1. The highest BCUT2D eigenvalue weighted by molar-refractivity contribution is 5.82. The third-order valence-corrected chi connectivity index (χ3v) is 5.40. The molecule has 186 valence electrons. The number of Topliss-reactive ketones (excluding diaryl/α,β-unsaturated/α-hetero) is 1. The zero-order valence-electron chi connectivity index (χ0n) is 18.7.